The molecule has 2 aromatic rings. The van der Waals surface area contributed by atoms with Gasteiger partial charge in [-0.2, -0.15) is 0 Å². The fourth-order valence-electron chi connectivity index (χ4n) is 3.19. The van der Waals surface area contributed by atoms with Gasteiger partial charge >= 0.3 is 0 Å². The second-order valence-electron chi connectivity index (χ2n) is 8.28. The topological polar surface area (TPSA) is 92.8 Å². The van der Waals surface area contributed by atoms with E-state index in [1.807, 2.05) is 27.7 Å². The predicted molar refractivity (Wildman–Crippen MR) is 116 cm³/mol. The first kappa shape index (κ1) is 23.7. The minimum Gasteiger partial charge on any atom is -0.386 e. The minimum absolute atomic E-state index is 0.0878. The third kappa shape index (κ3) is 5.51. The first-order valence-electron chi connectivity index (χ1n) is 9.44. The molecule has 0 aliphatic heterocycles. The molecule has 1 heterocycles. The van der Waals surface area contributed by atoms with Gasteiger partial charge in [-0.15, -0.1) is 15.7 Å². The van der Waals surface area contributed by atoms with Crippen molar-refractivity contribution in [2.45, 2.75) is 69.6 Å². The highest BCUT2D eigenvalue weighted by molar-refractivity contribution is 7.93. The van der Waals surface area contributed by atoms with Gasteiger partial charge in [-0.3, -0.25) is 4.79 Å². The monoisotopic (exact) mass is 440 g/mol. The van der Waals surface area contributed by atoms with Crippen molar-refractivity contribution in [1.82, 2.24) is 0 Å². The summed E-state index contributed by atoms with van der Waals surface area (Å²) in [5, 5.41) is 17.6. The van der Waals surface area contributed by atoms with Gasteiger partial charge in [-0.1, -0.05) is 33.8 Å². The van der Waals surface area contributed by atoms with Gasteiger partial charge in [-0.05, 0) is 65.4 Å². The van der Waals surface area contributed by atoms with E-state index in [-0.39, 0.29) is 28.3 Å². The van der Waals surface area contributed by atoms with E-state index in [1.54, 1.807) is 25.3 Å². The zero-order valence-electron chi connectivity index (χ0n) is 17.7. The maximum atomic E-state index is 14.5. The van der Waals surface area contributed by atoms with E-state index in [0.717, 1.165) is 16.9 Å². The summed E-state index contributed by atoms with van der Waals surface area (Å²) >= 11 is 1.08. The Morgan fingerprint density at radius 1 is 1.28 bits per heavy atom. The Kier molecular flexibility index (Phi) is 7.05. The Labute approximate surface area is 176 Å². The van der Waals surface area contributed by atoms with Crippen LogP contribution in [0.3, 0.4) is 0 Å². The summed E-state index contributed by atoms with van der Waals surface area (Å²) in [4.78, 5) is 12.7. The zero-order valence-corrected chi connectivity index (χ0v) is 19.3. The number of amides is 1. The lowest BCUT2D eigenvalue weighted by Crippen LogP contribution is -2.17. The van der Waals surface area contributed by atoms with Crippen molar-refractivity contribution in [3.63, 3.8) is 0 Å². The lowest BCUT2D eigenvalue weighted by molar-refractivity contribution is -0.117. The predicted octanol–water partition coefficient (Wildman–Crippen LogP) is 4.83. The fraction of sp³-hybridized carbons (Fsp3) is 0.476. The van der Waals surface area contributed by atoms with E-state index in [2.05, 4.69) is 4.36 Å². The van der Waals surface area contributed by atoms with Crippen LogP contribution in [0.1, 0.15) is 75.6 Å². The molecule has 0 spiro atoms. The van der Waals surface area contributed by atoms with Gasteiger partial charge in [0.25, 0.3) is 5.91 Å². The minimum atomic E-state index is -3.46. The molecule has 5 nitrogen and oxygen atoms in total. The second-order valence-corrected chi connectivity index (χ2v) is 11.2. The van der Waals surface area contributed by atoms with Crippen LogP contribution in [0.4, 0.5) is 4.39 Å². The molecule has 0 aliphatic rings. The van der Waals surface area contributed by atoms with Crippen molar-refractivity contribution in [3.05, 3.63) is 51.7 Å². The Balaban J connectivity index is 2.46. The Hall–Kier alpha value is -1.61. The van der Waals surface area contributed by atoms with Crippen LogP contribution in [0.15, 0.2) is 32.2 Å². The Bertz CT molecular complexity index is 1030. The number of hydrogen-bond acceptors (Lipinski definition) is 4. The van der Waals surface area contributed by atoms with Gasteiger partial charge in [-0.25, -0.2) is 13.7 Å². The third-order valence-corrected chi connectivity index (χ3v) is 7.57. The van der Waals surface area contributed by atoms with Gasteiger partial charge in [0.1, 0.15) is 10.0 Å². The average Bonchev–Trinajstić information content (AvgIpc) is 3.04. The maximum Gasteiger partial charge on any atom is 0.259 e. The van der Waals surface area contributed by atoms with Gasteiger partial charge < -0.3 is 5.11 Å². The molecule has 0 fully saturated rings. The van der Waals surface area contributed by atoms with Gasteiger partial charge in [0.15, 0.2) is 9.92 Å². The van der Waals surface area contributed by atoms with E-state index in [4.69, 9.17) is 5.14 Å². The lowest BCUT2D eigenvalue weighted by Gasteiger charge is -2.19. The number of hydrogen-bond donors (Lipinski definition) is 2. The van der Waals surface area contributed by atoms with Crippen molar-refractivity contribution in [1.29, 1.82) is 0 Å². The van der Waals surface area contributed by atoms with Crippen molar-refractivity contribution >= 4 is 27.2 Å². The number of nitrogens with zero attached hydrogens (tertiary/aromatic N) is 1. The number of nitrogens with two attached hydrogens (primary N) is 1. The SMILES string of the molecule is CC(C)c1ccc(F)c(C(C)C)c1CC(=O)N=[S@@](N)(=O)c1cc(C(C)(C)O)cs1. The van der Waals surface area contributed by atoms with Crippen LogP contribution in [0.2, 0.25) is 0 Å². The molecule has 2 rings (SSSR count). The zero-order chi connectivity index (χ0) is 22.1. The quantitative estimate of drug-likeness (QED) is 0.674. The first-order valence-corrected chi connectivity index (χ1v) is 11.9. The summed E-state index contributed by atoms with van der Waals surface area (Å²) in [6, 6.07) is 4.61. The average molecular weight is 441 g/mol. The second kappa shape index (κ2) is 8.63. The Morgan fingerprint density at radius 2 is 1.90 bits per heavy atom. The molecule has 0 saturated carbocycles. The van der Waals surface area contributed by atoms with Crippen LogP contribution < -0.4 is 5.14 Å². The van der Waals surface area contributed by atoms with Crippen molar-refractivity contribution in [3.8, 4) is 0 Å². The normalized spacial score (nSPS) is 14.3. The largest absolute Gasteiger partial charge is 0.386 e. The van der Waals surface area contributed by atoms with Crippen LogP contribution in [0.25, 0.3) is 0 Å². The molecule has 29 heavy (non-hydrogen) atoms. The number of carbonyl (C=O) groups excluding carboxylic acids is 1. The van der Waals surface area contributed by atoms with Crippen molar-refractivity contribution in [2.75, 3.05) is 0 Å². The molecule has 3 N–H and O–H groups in total. The van der Waals surface area contributed by atoms with Crippen LogP contribution in [-0.4, -0.2) is 15.2 Å². The Morgan fingerprint density at radius 3 is 2.38 bits per heavy atom. The van der Waals surface area contributed by atoms with Gasteiger partial charge in [0.2, 0.25) is 0 Å². The van der Waals surface area contributed by atoms with E-state index in [9.17, 15) is 18.5 Å². The molecular formula is C21H29FN2O3S2. The standard InChI is InChI=1S/C21H29FN2O3S2/c1-12(2)15-7-8-17(22)20(13(3)4)16(15)10-18(25)24-29(23,27)19-9-14(11-28-19)21(5,6)26/h7-9,11-13,26H,10H2,1-6H3,(H2,23,24,25,27)/t29-/m1/s1. The number of carbonyl (C=O) groups is 1. The van der Waals surface area contributed by atoms with E-state index < -0.39 is 21.4 Å². The summed E-state index contributed by atoms with van der Waals surface area (Å²) < 4.78 is 31.3. The molecule has 8 heteroatoms. The van der Waals surface area contributed by atoms with Crippen LogP contribution in [0, 0.1) is 5.82 Å². The number of aliphatic hydroxyl groups is 1. The van der Waals surface area contributed by atoms with Crippen molar-refractivity contribution < 1.29 is 18.5 Å². The number of benzene rings is 1. The van der Waals surface area contributed by atoms with Crippen molar-refractivity contribution in [2.24, 2.45) is 9.50 Å². The highest BCUT2D eigenvalue weighted by Crippen LogP contribution is 2.31. The molecule has 0 unspecified atom stereocenters. The molecule has 1 atom stereocenters. The highest BCUT2D eigenvalue weighted by Gasteiger charge is 2.23. The summed E-state index contributed by atoms with van der Waals surface area (Å²) in [7, 11) is -3.46. The first-order chi connectivity index (χ1) is 13.2. The van der Waals surface area contributed by atoms with Gasteiger partial charge in [0, 0.05) is 0 Å². The van der Waals surface area contributed by atoms with E-state index >= 15 is 0 Å². The molecular weight excluding hydrogens is 411 g/mol. The van der Waals surface area contributed by atoms with Crippen LogP contribution >= 0.6 is 11.3 Å². The van der Waals surface area contributed by atoms with Crippen LogP contribution in [-0.2, 0) is 26.7 Å². The summed E-state index contributed by atoms with van der Waals surface area (Å²) in [5.41, 5.74) is 1.36. The maximum absolute atomic E-state index is 14.5. The fourth-order valence-corrected chi connectivity index (χ4v) is 5.54. The van der Waals surface area contributed by atoms with E-state index in [0.29, 0.717) is 16.7 Å². The highest BCUT2D eigenvalue weighted by atomic mass is 32.2. The molecule has 0 bridgehead atoms. The number of thiophene rings is 1. The number of rotatable bonds is 6. The third-order valence-electron chi connectivity index (χ3n) is 4.68. The molecule has 1 amide bonds. The van der Waals surface area contributed by atoms with E-state index in [1.165, 1.54) is 12.1 Å². The number of halogens is 1. The smallest absolute Gasteiger partial charge is 0.259 e. The lowest BCUT2D eigenvalue weighted by atomic mass is 9.86. The summed E-state index contributed by atoms with van der Waals surface area (Å²) in [5.74, 6) is -1.06. The summed E-state index contributed by atoms with van der Waals surface area (Å²) in [6.07, 6.45) is -0.170. The molecule has 0 saturated heterocycles. The molecule has 1 aromatic carbocycles. The van der Waals surface area contributed by atoms with Crippen LogP contribution in [0.5, 0.6) is 0 Å². The molecule has 1 aromatic heterocycles. The van der Waals surface area contributed by atoms with Gasteiger partial charge in [0.05, 0.1) is 12.0 Å². The molecule has 160 valence electrons. The summed E-state index contributed by atoms with van der Waals surface area (Å²) in [6.45, 7) is 10.9. The molecule has 0 aliphatic carbocycles. The molecule has 0 radical (unpaired) electrons.